The number of aliphatic hydroxyl groups is 2. The molecule has 0 radical (unpaired) electrons. The average molecular weight is 688 g/mol. The Labute approximate surface area is 275 Å². The molecule has 0 aliphatic heterocycles. The van der Waals surface area contributed by atoms with Crippen molar-refractivity contribution in [2.75, 3.05) is 31.4 Å². The predicted molar refractivity (Wildman–Crippen MR) is 179 cm³/mol. The maximum Gasteiger partial charge on any atom is 0.407 e. The summed E-state index contributed by atoms with van der Waals surface area (Å²) in [5.74, 6) is -1.42. The minimum Gasteiger partial charge on any atom is -0.444 e. The van der Waals surface area contributed by atoms with Crippen LogP contribution in [-0.4, -0.2) is 105 Å². The zero-order valence-corrected chi connectivity index (χ0v) is 29.6. The number of nitrogens with one attached hydrogen (secondary N) is 4. The predicted octanol–water partition coefficient (Wildman–Crippen LogP) is 1.70. The summed E-state index contributed by atoms with van der Waals surface area (Å²) in [7, 11) is 0.340. The summed E-state index contributed by atoms with van der Waals surface area (Å²) < 4.78 is 5.18. The van der Waals surface area contributed by atoms with Crippen LogP contribution in [0, 0.1) is 5.92 Å². The van der Waals surface area contributed by atoms with E-state index in [0.717, 1.165) is 17.2 Å². The van der Waals surface area contributed by atoms with Gasteiger partial charge in [-0.2, -0.15) is 0 Å². The number of carbonyl (C=O) groups excluding carboxylic acids is 4. The zero-order chi connectivity index (χ0) is 33.9. The molecule has 0 saturated heterocycles. The normalized spacial score (nSPS) is 15.0. The minimum absolute atomic E-state index is 0.197. The topological polar surface area (TPSA) is 192 Å². The SMILES string of the molecule is C[C@H](C(=O)N[C@H](C(=O)NCCc1nc(-c2nc(C(=O)NCCC[S+](C)C)cs2)cs1)[C@@H](C)O)[C@H](O)[C@@H](C)NC(=O)OC(C)(C)C. The quantitative estimate of drug-likeness (QED) is 0.113. The molecule has 0 fully saturated rings. The molecule has 4 amide bonds. The highest BCUT2D eigenvalue weighted by Crippen LogP contribution is 2.25. The highest BCUT2D eigenvalue weighted by Gasteiger charge is 2.33. The summed E-state index contributed by atoms with van der Waals surface area (Å²) in [5, 5.41) is 36.3. The standard InChI is InChI=1S/C29H46N6O7S3/c1-16(23(37)17(2)32-28(41)42-29(4,5)6)24(38)35-22(18(3)36)26(40)31-12-10-21-33-20(15-43-21)27-34-19(14-44-27)25(39)30-11-9-13-45(7)8/h14-18,22-23,36-37H,9-13H2,1-8H3,(H3-,30,31,32,35,38,39,40,41)/p+1/t16-,17+,18+,22-,23-/m0/s1. The van der Waals surface area contributed by atoms with Gasteiger partial charge in [0.25, 0.3) is 5.91 Å². The van der Waals surface area contributed by atoms with Crippen molar-refractivity contribution in [1.29, 1.82) is 0 Å². The molecule has 2 aromatic rings. The van der Waals surface area contributed by atoms with Crippen molar-refractivity contribution in [3.8, 4) is 10.7 Å². The Hall–Kier alpha value is -2.79. The minimum atomic E-state index is -1.28. The molecule has 2 rings (SSSR count). The highest BCUT2D eigenvalue weighted by atomic mass is 32.2. The van der Waals surface area contributed by atoms with E-state index in [0.29, 0.717) is 40.3 Å². The molecule has 252 valence electrons. The maximum atomic E-state index is 12.9. The van der Waals surface area contributed by atoms with Crippen LogP contribution in [0.1, 0.15) is 63.5 Å². The van der Waals surface area contributed by atoms with Gasteiger partial charge in [0.2, 0.25) is 11.8 Å². The fourth-order valence-corrected chi connectivity index (χ4v) is 6.27. The Kier molecular flexibility index (Phi) is 15.2. The van der Waals surface area contributed by atoms with Crippen LogP contribution < -0.4 is 21.3 Å². The lowest BCUT2D eigenvalue weighted by Gasteiger charge is -2.28. The lowest BCUT2D eigenvalue weighted by Crippen LogP contribution is -2.56. The molecule has 0 spiro atoms. The van der Waals surface area contributed by atoms with Gasteiger partial charge >= 0.3 is 6.09 Å². The van der Waals surface area contributed by atoms with Gasteiger partial charge < -0.3 is 36.2 Å². The first-order valence-corrected chi connectivity index (χ1v) is 18.6. The molecular weight excluding hydrogens is 641 g/mol. The fourth-order valence-electron chi connectivity index (χ4n) is 3.93. The summed E-state index contributed by atoms with van der Waals surface area (Å²) in [5.41, 5.74) is 0.267. The summed E-state index contributed by atoms with van der Waals surface area (Å²) in [6.07, 6.45) is 2.43. The number of hydrogen-bond donors (Lipinski definition) is 6. The van der Waals surface area contributed by atoms with Gasteiger partial charge in [0, 0.05) is 36.7 Å². The number of ether oxygens (including phenoxy) is 1. The van der Waals surface area contributed by atoms with E-state index in [2.05, 4.69) is 43.7 Å². The van der Waals surface area contributed by atoms with E-state index in [1.165, 1.54) is 43.4 Å². The van der Waals surface area contributed by atoms with Crippen molar-refractivity contribution in [2.24, 2.45) is 5.92 Å². The van der Waals surface area contributed by atoms with E-state index in [1.807, 2.05) is 5.38 Å². The van der Waals surface area contributed by atoms with E-state index in [9.17, 15) is 29.4 Å². The third-order valence-corrected chi connectivity index (χ3v) is 9.28. The molecule has 45 heavy (non-hydrogen) atoms. The number of carbonyl (C=O) groups is 4. The molecule has 0 unspecified atom stereocenters. The number of aromatic nitrogens is 2. The first kappa shape index (κ1) is 38.4. The summed E-state index contributed by atoms with van der Waals surface area (Å²) >= 11 is 2.73. The van der Waals surface area contributed by atoms with Crippen LogP contribution in [-0.2, 0) is 31.6 Å². The van der Waals surface area contributed by atoms with Crippen molar-refractivity contribution < 1.29 is 34.1 Å². The smallest absolute Gasteiger partial charge is 0.407 e. The maximum absolute atomic E-state index is 12.9. The highest BCUT2D eigenvalue weighted by molar-refractivity contribution is 7.95. The van der Waals surface area contributed by atoms with E-state index in [-0.39, 0.29) is 12.5 Å². The molecule has 0 saturated carbocycles. The van der Waals surface area contributed by atoms with Crippen LogP contribution in [0.25, 0.3) is 10.7 Å². The molecule has 0 aromatic carbocycles. The average Bonchev–Trinajstić information content (AvgIpc) is 3.61. The molecule has 16 heteroatoms. The second-order valence-corrected chi connectivity index (χ2v) is 16.1. The first-order chi connectivity index (χ1) is 21.0. The molecule has 13 nitrogen and oxygen atoms in total. The Morgan fingerprint density at radius 2 is 1.64 bits per heavy atom. The zero-order valence-electron chi connectivity index (χ0n) is 27.1. The third kappa shape index (κ3) is 13.2. The van der Waals surface area contributed by atoms with Crippen LogP contribution in [0.2, 0.25) is 0 Å². The van der Waals surface area contributed by atoms with Crippen molar-refractivity contribution in [3.63, 3.8) is 0 Å². The van der Waals surface area contributed by atoms with Crippen molar-refractivity contribution in [1.82, 2.24) is 31.2 Å². The second-order valence-electron chi connectivity index (χ2n) is 11.9. The van der Waals surface area contributed by atoms with Crippen LogP contribution in [0.15, 0.2) is 10.8 Å². The lowest BCUT2D eigenvalue weighted by molar-refractivity contribution is -0.135. The number of amides is 4. The number of thiazole rings is 2. The van der Waals surface area contributed by atoms with E-state index >= 15 is 0 Å². The van der Waals surface area contributed by atoms with Crippen LogP contribution in [0.3, 0.4) is 0 Å². The van der Waals surface area contributed by atoms with Crippen molar-refractivity contribution in [2.45, 2.75) is 84.3 Å². The largest absolute Gasteiger partial charge is 0.444 e. The Balaban J connectivity index is 1.86. The lowest BCUT2D eigenvalue weighted by atomic mass is 9.97. The summed E-state index contributed by atoms with van der Waals surface area (Å²) in [6.45, 7) is 10.3. The fraction of sp³-hybridized carbons (Fsp3) is 0.655. The molecule has 0 aliphatic rings. The molecule has 6 N–H and O–H groups in total. The monoisotopic (exact) mass is 687 g/mol. The third-order valence-electron chi connectivity index (χ3n) is 6.41. The van der Waals surface area contributed by atoms with Gasteiger partial charge in [0.1, 0.15) is 33.8 Å². The second kappa shape index (κ2) is 17.8. The van der Waals surface area contributed by atoms with Gasteiger partial charge in [0.15, 0.2) is 0 Å². The Bertz CT molecular complexity index is 1280. The number of rotatable bonds is 16. The Morgan fingerprint density at radius 3 is 2.27 bits per heavy atom. The van der Waals surface area contributed by atoms with E-state index in [4.69, 9.17) is 4.74 Å². The van der Waals surface area contributed by atoms with Gasteiger partial charge in [-0.15, -0.1) is 22.7 Å². The van der Waals surface area contributed by atoms with Crippen LogP contribution in [0.5, 0.6) is 0 Å². The molecule has 0 bridgehead atoms. The molecular formula is C29H47N6O7S3+. The van der Waals surface area contributed by atoms with Gasteiger partial charge in [-0.25, -0.2) is 14.8 Å². The van der Waals surface area contributed by atoms with Crippen molar-refractivity contribution >= 4 is 57.4 Å². The van der Waals surface area contributed by atoms with E-state index < -0.39 is 53.7 Å². The Morgan fingerprint density at radius 1 is 0.956 bits per heavy atom. The van der Waals surface area contributed by atoms with Crippen molar-refractivity contribution in [3.05, 3.63) is 21.5 Å². The van der Waals surface area contributed by atoms with Crippen LogP contribution in [0.4, 0.5) is 4.79 Å². The van der Waals surface area contributed by atoms with Gasteiger partial charge in [-0.3, -0.25) is 14.4 Å². The van der Waals surface area contributed by atoms with E-state index in [1.54, 1.807) is 26.2 Å². The molecule has 2 aromatic heterocycles. The number of nitrogens with zero attached hydrogens (tertiary/aromatic N) is 2. The number of alkyl carbamates (subject to hydrolysis) is 1. The van der Waals surface area contributed by atoms with Crippen LogP contribution >= 0.6 is 22.7 Å². The molecule has 5 atom stereocenters. The van der Waals surface area contributed by atoms with Gasteiger partial charge in [-0.1, -0.05) is 6.92 Å². The number of hydrogen-bond acceptors (Lipinski definition) is 11. The molecule has 2 heterocycles. The van der Waals surface area contributed by atoms with Gasteiger partial charge in [-0.05, 0) is 45.5 Å². The first-order valence-electron chi connectivity index (χ1n) is 14.6. The number of aliphatic hydroxyl groups excluding tert-OH is 2. The van der Waals surface area contributed by atoms with Gasteiger partial charge in [0.05, 0.1) is 41.7 Å². The molecule has 0 aliphatic carbocycles. The summed E-state index contributed by atoms with van der Waals surface area (Å²) in [6, 6.07) is -2.09. The summed E-state index contributed by atoms with van der Waals surface area (Å²) in [4.78, 5) is 59.1.